The molecular weight excluding hydrogens is 693 g/mol. The van der Waals surface area contributed by atoms with Gasteiger partial charge in [0, 0.05) is 0 Å². The second-order valence-electron chi connectivity index (χ2n) is 14.2. The molecule has 0 N–H and O–H groups in total. The van der Waals surface area contributed by atoms with E-state index in [0.717, 1.165) is 0 Å². The zero-order chi connectivity index (χ0) is 45.0. The molecule has 0 aliphatic heterocycles. The number of allylic oxidation sites excluding steroid dienone is 4. The van der Waals surface area contributed by atoms with Crippen LogP contribution < -0.4 is 120 Å². The summed E-state index contributed by atoms with van der Waals surface area (Å²) in [7, 11) is 151. The molecule has 1 aliphatic rings. The van der Waals surface area contributed by atoms with Gasteiger partial charge in [0.1, 0.15) is 180 Å². The van der Waals surface area contributed by atoms with Crippen LogP contribution in [0.15, 0.2) is 22.0 Å². The lowest BCUT2D eigenvalue weighted by molar-refractivity contribution is 1.24. The quantitative estimate of drug-likeness (QED) is 0.130. The van der Waals surface area contributed by atoms with Gasteiger partial charge >= 0.3 is 0 Å². The molecule has 0 unspecified atom stereocenters. The van der Waals surface area contributed by atoms with Gasteiger partial charge in [-0.15, -0.1) is 55.6 Å². The molecule has 0 bridgehead atoms. The first kappa shape index (κ1) is 46.1. The Morgan fingerprint density at radius 1 is 0.350 bits per heavy atom. The molecule has 6 rings (SSSR count). The first-order valence-electron chi connectivity index (χ1n) is 17.4. The summed E-state index contributed by atoms with van der Waals surface area (Å²) >= 11 is 0. The summed E-state index contributed by atoms with van der Waals surface area (Å²) in [5.74, 6) is 2.27. The maximum atomic E-state index is 6.96. The molecular formula is C37H3B23. The monoisotopic (exact) mass is 700 g/mol. The largest absolute Gasteiger partial charge is 0.125 e. The van der Waals surface area contributed by atoms with Crippen LogP contribution in [-0.4, -0.2) is 180 Å². The molecule has 0 atom stereocenters. The number of hydrogen-bond donors (Lipinski definition) is 0. The molecule has 23 heteroatoms. The SMILES string of the molecule is [B]/C(C#C)=C([B])/C([B])=C1\CC(c2c([B])c([B])c([B])c3c([B])c([B])c([B])c([B])c23)=c2c([B])c([B])c([B])c([B])c2=C1c1c([B])c([B])c(-c2c([B])c([B])c([B])c([B])c2[B])c([B])c1[B]. The summed E-state index contributed by atoms with van der Waals surface area (Å²) in [6.07, 6.45) is 5.37. The fraction of sp³-hybridized carbons (Fsp3) is 0.0270. The normalized spacial score (nSPS) is 13.8. The van der Waals surface area contributed by atoms with Gasteiger partial charge in [0.15, 0.2) is 0 Å². The number of fused-ring (bicyclic) bond motifs is 2. The van der Waals surface area contributed by atoms with Gasteiger partial charge in [0.2, 0.25) is 0 Å². The molecule has 60 heavy (non-hydrogen) atoms. The highest BCUT2D eigenvalue weighted by Gasteiger charge is 2.30. The van der Waals surface area contributed by atoms with E-state index in [1.807, 2.05) is 0 Å². The molecule has 0 fully saturated rings. The molecule has 46 radical (unpaired) electrons. The van der Waals surface area contributed by atoms with Crippen molar-refractivity contribution in [2.45, 2.75) is 6.42 Å². The predicted octanol–water partition coefficient (Wildman–Crippen LogP) is -18.2. The maximum absolute atomic E-state index is 6.96. The lowest BCUT2D eigenvalue weighted by atomic mass is 9.54. The second-order valence-corrected chi connectivity index (χ2v) is 14.2. The van der Waals surface area contributed by atoms with Crippen molar-refractivity contribution in [2.24, 2.45) is 0 Å². The van der Waals surface area contributed by atoms with Gasteiger partial charge in [0.25, 0.3) is 0 Å². The van der Waals surface area contributed by atoms with Crippen molar-refractivity contribution in [1.82, 2.24) is 0 Å². The Labute approximate surface area is 382 Å². The van der Waals surface area contributed by atoms with Gasteiger partial charge in [-0.2, -0.15) is 0 Å². The van der Waals surface area contributed by atoms with E-state index in [1.165, 1.54) is 0 Å². The summed E-state index contributed by atoms with van der Waals surface area (Å²) in [6.45, 7) is 0. The second kappa shape index (κ2) is 16.4. The first-order valence-corrected chi connectivity index (χ1v) is 17.4. The Morgan fingerprint density at radius 3 is 1.12 bits per heavy atom. The minimum atomic E-state index is -0.294. The molecule has 0 saturated carbocycles. The fourth-order valence-electron chi connectivity index (χ4n) is 7.73. The highest BCUT2D eigenvalue weighted by Crippen LogP contribution is 2.34. The van der Waals surface area contributed by atoms with E-state index in [4.69, 9.17) is 187 Å². The van der Waals surface area contributed by atoms with Gasteiger partial charge in [0.05, 0.1) is 0 Å². The highest BCUT2D eigenvalue weighted by atomic mass is 14.3. The van der Waals surface area contributed by atoms with Crippen molar-refractivity contribution in [3.05, 3.63) is 43.6 Å². The molecule has 0 spiro atoms. The average Bonchev–Trinajstić information content (AvgIpc) is 3.23. The van der Waals surface area contributed by atoms with Crippen LogP contribution in [0.2, 0.25) is 0 Å². The van der Waals surface area contributed by atoms with E-state index in [-0.39, 0.29) is 192 Å². The minimum absolute atomic E-state index is 0.00825. The van der Waals surface area contributed by atoms with Crippen LogP contribution in [0, 0.1) is 12.3 Å². The molecule has 0 saturated heterocycles. The van der Waals surface area contributed by atoms with Crippen LogP contribution in [0.25, 0.3) is 33.0 Å². The van der Waals surface area contributed by atoms with Gasteiger partial charge in [-0.05, 0) is 66.6 Å². The van der Waals surface area contributed by atoms with Crippen LogP contribution in [0.5, 0.6) is 0 Å². The van der Waals surface area contributed by atoms with Crippen LogP contribution in [-0.2, 0) is 0 Å². The average molecular weight is 696 g/mol. The van der Waals surface area contributed by atoms with Crippen molar-refractivity contribution in [3.8, 4) is 23.5 Å². The van der Waals surface area contributed by atoms with Gasteiger partial charge in [-0.1, -0.05) is 82.4 Å². The summed E-state index contributed by atoms with van der Waals surface area (Å²) in [5, 5.41) is 0.422. The zero-order valence-corrected chi connectivity index (χ0v) is 32.1. The summed E-state index contributed by atoms with van der Waals surface area (Å²) in [4.78, 5) is 0. The van der Waals surface area contributed by atoms with Crippen molar-refractivity contribution in [2.75, 3.05) is 0 Å². The Kier molecular flexibility index (Phi) is 12.6. The number of rotatable bonds is 4. The fourth-order valence-corrected chi connectivity index (χ4v) is 7.73. The Balaban J connectivity index is 2.02. The molecule has 5 aromatic rings. The standard InChI is InChI=1S/C37H3B23/c1-2-6(38)17(40)16(39)5-3-4(9-11-13(26(49)30(53)18(9)41)27(50)34(57)33(56)21(11)44)8-10(20(43)32(55)31(54)19(8)42)7(5)12-22(45)24(47)14(25(48)23(12)46)15-28(51)35(58)37(60)36(59)29(15)52/h1H,3H2/b16-5-,17-6-. The molecule has 0 amide bonds. The molecule has 0 aromatic heterocycles. The molecule has 0 nitrogen and oxygen atoms in total. The first-order chi connectivity index (χ1) is 27.9. The number of benzene rings is 5. The van der Waals surface area contributed by atoms with Crippen molar-refractivity contribution >= 4 is 312 Å². The highest BCUT2D eigenvalue weighted by molar-refractivity contribution is 6.73. The number of terminal acetylenes is 1. The Hall–Kier alpha value is -3.37. The van der Waals surface area contributed by atoms with E-state index in [9.17, 15) is 0 Å². The van der Waals surface area contributed by atoms with Crippen molar-refractivity contribution in [3.63, 3.8) is 0 Å². The minimum Gasteiger partial charge on any atom is -0.116 e. The molecule has 0 heterocycles. The molecule has 1 aliphatic carbocycles. The van der Waals surface area contributed by atoms with Crippen molar-refractivity contribution in [1.29, 1.82) is 0 Å². The Bertz CT molecular complexity index is 3030. The van der Waals surface area contributed by atoms with Crippen molar-refractivity contribution < 1.29 is 0 Å². The topological polar surface area (TPSA) is 0 Å². The zero-order valence-electron chi connectivity index (χ0n) is 32.1. The maximum Gasteiger partial charge on any atom is 0.125 e. The summed E-state index contributed by atoms with van der Waals surface area (Å²) in [5.41, 5.74) is -2.57. The smallest absolute Gasteiger partial charge is 0.116 e. The third-order valence-corrected chi connectivity index (χ3v) is 11.1. The lowest BCUT2D eigenvalue weighted by Gasteiger charge is -2.34. The summed E-state index contributed by atoms with van der Waals surface area (Å²) < 4.78 is 0. The van der Waals surface area contributed by atoms with Crippen LogP contribution in [0.3, 0.4) is 0 Å². The van der Waals surface area contributed by atoms with E-state index in [2.05, 4.69) is 5.92 Å². The van der Waals surface area contributed by atoms with Crippen LogP contribution >= 0.6 is 0 Å². The van der Waals surface area contributed by atoms with Gasteiger partial charge < -0.3 is 0 Å². The van der Waals surface area contributed by atoms with Gasteiger partial charge in [-0.3, -0.25) is 0 Å². The van der Waals surface area contributed by atoms with E-state index < -0.39 is 0 Å². The van der Waals surface area contributed by atoms with Crippen LogP contribution in [0.1, 0.15) is 17.5 Å². The lowest BCUT2D eigenvalue weighted by Crippen LogP contribution is -2.66. The van der Waals surface area contributed by atoms with Crippen LogP contribution in [0.4, 0.5) is 0 Å². The molecule has 5 aromatic carbocycles. The van der Waals surface area contributed by atoms with E-state index in [0.29, 0.717) is 0 Å². The third kappa shape index (κ3) is 6.57. The Morgan fingerprint density at radius 2 is 0.667 bits per heavy atom. The number of hydrogen-bond acceptors (Lipinski definition) is 0. The van der Waals surface area contributed by atoms with E-state index >= 15 is 0 Å². The van der Waals surface area contributed by atoms with Gasteiger partial charge in [-0.25, -0.2) is 0 Å². The summed E-state index contributed by atoms with van der Waals surface area (Å²) in [6, 6.07) is 0. The van der Waals surface area contributed by atoms with E-state index in [1.54, 1.807) is 0 Å². The molecule has 220 valence electrons. The third-order valence-electron chi connectivity index (χ3n) is 11.1. The predicted molar refractivity (Wildman–Crippen MR) is 279 cm³/mol.